The van der Waals surface area contributed by atoms with Gasteiger partial charge in [0.15, 0.2) is 0 Å². The van der Waals surface area contributed by atoms with Crippen LogP contribution >= 0.6 is 22.9 Å². The van der Waals surface area contributed by atoms with E-state index < -0.39 is 0 Å². The highest BCUT2D eigenvalue weighted by Crippen LogP contribution is 2.42. The van der Waals surface area contributed by atoms with Gasteiger partial charge in [-0.05, 0) is 35.8 Å². The van der Waals surface area contributed by atoms with Gasteiger partial charge in [-0.3, -0.25) is 4.79 Å². The van der Waals surface area contributed by atoms with Gasteiger partial charge in [0.1, 0.15) is 6.20 Å². The molecule has 0 saturated heterocycles. The summed E-state index contributed by atoms with van der Waals surface area (Å²) in [5.74, 6) is -0.0641. The van der Waals surface area contributed by atoms with Gasteiger partial charge in [-0.25, -0.2) is 0 Å². The van der Waals surface area contributed by atoms with E-state index in [-0.39, 0.29) is 11.8 Å². The van der Waals surface area contributed by atoms with Crippen molar-refractivity contribution in [2.24, 2.45) is 0 Å². The van der Waals surface area contributed by atoms with Gasteiger partial charge in [-0.1, -0.05) is 42.4 Å². The molecule has 1 amide bonds. The SMILES string of the molecule is C=CC(=O)N1Cc2sc(Cl)cc2[C@H](c2ccccc2/C(=C/[NH2+]C)C(C)=N)C1. The van der Waals surface area contributed by atoms with Crippen molar-refractivity contribution in [2.45, 2.75) is 19.4 Å². The average molecular weight is 401 g/mol. The number of allylic oxidation sites excluding steroid dienone is 1. The van der Waals surface area contributed by atoms with Gasteiger partial charge in [0.2, 0.25) is 5.91 Å². The van der Waals surface area contributed by atoms with Crippen molar-refractivity contribution >= 4 is 40.1 Å². The third-order valence-electron chi connectivity index (χ3n) is 4.77. The van der Waals surface area contributed by atoms with E-state index in [0.29, 0.717) is 18.8 Å². The zero-order chi connectivity index (χ0) is 19.6. The number of nitrogens with one attached hydrogen (secondary N) is 1. The smallest absolute Gasteiger partial charge is 0.246 e. The van der Waals surface area contributed by atoms with Gasteiger partial charge in [-0.15, -0.1) is 11.3 Å². The number of nitrogens with two attached hydrogens (primary N) is 1. The zero-order valence-electron chi connectivity index (χ0n) is 15.5. The highest BCUT2D eigenvalue weighted by molar-refractivity contribution is 7.16. The number of nitrogens with zero attached hydrogens (tertiary/aromatic N) is 1. The number of hydrogen-bond donors (Lipinski definition) is 2. The van der Waals surface area contributed by atoms with Crippen molar-refractivity contribution < 1.29 is 10.1 Å². The molecule has 1 aliphatic rings. The fraction of sp³-hybridized carbons (Fsp3) is 0.238. The third kappa shape index (κ3) is 3.90. The first-order valence-corrected chi connectivity index (χ1v) is 9.99. The van der Waals surface area contributed by atoms with E-state index in [1.54, 1.807) is 6.92 Å². The van der Waals surface area contributed by atoms with E-state index >= 15 is 0 Å². The second-order valence-corrected chi connectivity index (χ2v) is 8.30. The van der Waals surface area contributed by atoms with Gasteiger partial charge < -0.3 is 15.6 Å². The molecule has 4 nitrogen and oxygen atoms in total. The molecule has 0 saturated carbocycles. The van der Waals surface area contributed by atoms with E-state index in [1.807, 2.05) is 47.7 Å². The Balaban J connectivity index is 2.15. The summed E-state index contributed by atoms with van der Waals surface area (Å²) in [5.41, 5.74) is 4.71. The molecule has 3 N–H and O–H groups in total. The molecule has 1 aliphatic heterocycles. The summed E-state index contributed by atoms with van der Waals surface area (Å²) in [6, 6.07) is 10.1. The Morgan fingerprint density at radius 2 is 2.15 bits per heavy atom. The number of carbonyl (C=O) groups is 1. The van der Waals surface area contributed by atoms with Crippen LogP contribution in [0.2, 0.25) is 4.34 Å². The Morgan fingerprint density at radius 3 is 2.81 bits per heavy atom. The Bertz CT molecular complexity index is 931. The van der Waals surface area contributed by atoms with Crippen molar-refractivity contribution in [3.8, 4) is 0 Å². The minimum atomic E-state index is -0.0754. The van der Waals surface area contributed by atoms with E-state index in [0.717, 1.165) is 25.9 Å². The summed E-state index contributed by atoms with van der Waals surface area (Å²) in [6.45, 7) is 6.56. The molecule has 2 heterocycles. The van der Waals surface area contributed by atoms with Crippen LogP contribution in [0.4, 0.5) is 0 Å². The molecule has 6 heteroatoms. The molecule has 0 radical (unpaired) electrons. The molecule has 0 aliphatic carbocycles. The van der Waals surface area contributed by atoms with E-state index in [4.69, 9.17) is 17.0 Å². The summed E-state index contributed by atoms with van der Waals surface area (Å²) >= 11 is 7.84. The minimum absolute atomic E-state index is 0.0113. The summed E-state index contributed by atoms with van der Waals surface area (Å²) in [7, 11) is 1.95. The van der Waals surface area contributed by atoms with Crippen LogP contribution < -0.4 is 5.32 Å². The summed E-state index contributed by atoms with van der Waals surface area (Å²) in [4.78, 5) is 15.2. The molecule has 0 fully saturated rings. The molecule has 0 spiro atoms. The number of fused-ring (bicyclic) bond motifs is 1. The highest BCUT2D eigenvalue weighted by Gasteiger charge is 2.32. The molecule has 0 bridgehead atoms. The maximum atomic E-state index is 12.3. The average Bonchev–Trinajstić information content (AvgIpc) is 3.04. The number of quaternary nitrogens is 1. The maximum absolute atomic E-state index is 12.3. The Hall–Kier alpha value is -2.21. The molecule has 27 heavy (non-hydrogen) atoms. The van der Waals surface area contributed by atoms with Crippen molar-refractivity contribution in [1.82, 2.24) is 4.90 Å². The quantitative estimate of drug-likeness (QED) is 0.584. The predicted octanol–water partition coefficient (Wildman–Crippen LogP) is 3.64. The van der Waals surface area contributed by atoms with Crippen molar-refractivity contribution in [3.63, 3.8) is 0 Å². The van der Waals surface area contributed by atoms with Crippen LogP contribution in [0, 0.1) is 5.41 Å². The Labute approximate surface area is 168 Å². The molecular formula is C21H23ClN3OS+. The molecule has 1 aromatic heterocycles. The summed E-state index contributed by atoms with van der Waals surface area (Å²) in [5, 5.41) is 10.2. The lowest BCUT2D eigenvalue weighted by atomic mass is 9.83. The van der Waals surface area contributed by atoms with E-state index in [1.165, 1.54) is 23.0 Å². The molecule has 1 atom stereocenters. The van der Waals surface area contributed by atoms with Gasteiger partial charge in [-0.2, -0.15) is 0 Å². The van der Waals surface area contributed by atoms with Crippen LogP contribution in [0.15, 0.2) is 49.2 Å². The second-order valence-electron chi connectivity index (χ2n) is 6.53. The van der Waals surface area contributed by atoms with Crippen LogP contribution in [0.3, 0.4) is 0 Å². The fourth-order valence-corrected chi connectivity index (χ4v) is 4.93. The van der Waals surface area contributed by atoms with Crippen molar-refractivity contribution in [2.75, 3.05) is 13.6 Å². The molecule has 2 aromatic rings. The number of halogens is 1. The van der Waals surface area contributed by atoms with Crippen LogP contribution in [-0.4, -0.2) is 30.1 Å². The summed E-state index contributed by atoms with van der Waals surface area (Å²) < 4.78 is 0.733. The maximum Gasteiger partial charge on any atom is 0.246 e. The highest BCUT2D eigenvalue weighted by atomic mass is 35.5. The first-order chi connectivity index (χ1) is 13.0. The lowest BCUT2D eigenvalue weighted by Crippen LogP contribution is -2.73. The number of benzene rings is 1. The lowest BCUT2D eigenvalue weighted by Gasteiger charge is -2.33. The first kappa shape index (κ1) is 19.5. The second kappa shape index (κ2) is 8.21. The van der Waals surface area contributed by atoms with Crippen LogP contribution in [-0.2, 0) is 11.3 Å². The largest absolute Gasteiger partial charge is 0.333 e. The van der Waals surface area contributed by atoms with Crippen molar-refractivity contribution in [1.29, 1.82) is 5.41 Å². The normalized spacial score (nSPS) is 16.8. The molecule has 140 valence electrons. The Morgan fingerprint density at radius 1 is 1.41 bits per heavy atom. The predicted molar refractivity (Wildman–Crippen MR) is 112 cm³/mol. The summed E-state index contributed by atoms with van der Waals surface area (Å²) in [6.07, 6.45) is 3.33. The van der Waals surface area contributed by atoms with Crippen LogP contribution in [0.5, 0.6) is 0 Å². The van der Waals surface area contributed by atoms with Gasteiger partial charge in [0.05, 0.1) is 23.5 Å². The van der Waals surface area contributed by atoms with Crippen molar-refractivity contribution in [3.05, 3.63) is 75.1 Å². The molecule has 1 aromatic carbocycles. The standard InChI is InChI=1S/C21H22ClN3OS/c1-4-21(26)25-11-18(16-9-20(22)27-19(16)12-25)15-8-6-5-7-14(15)17(10-24-3)13(2)23/h4-10,18,23-24H,1,11-12H2,2-3H3/p+1/b17-10+,23-13?/t18-/m0/s1. The van der Waals surface area contributed by atoms with Gasteiger partial charge in [0, 0.05) is 23.1 Å². The first-order valence-electron chi connectivity index (χ1n) is 8.80. The molecule has 0 unspecified atom stereocenters. The van der Waals surface area contributed by atoms with Crippen LogP contribution in [0.1, 0.15) is 34.4 Å². The Kier molecular flexibility index (Phi) is 5.95. The fourth-order valence-electron chi connectivity index (χ4n) is 3.58. The third-order valence-corrected chi connectivity index (χ3v) is 6.04. The van der Waals surface area contributed by atoms with Gasteiger partial charge >= 0.3 is 0 Å². The van der Waals surface area contributed by atoms with E-state index in [9.17, 15) is 4.79 Å². The lowest BCUT2D eigenvalue weighted by molar-refractivity contribution is -0.555. The number of hydrogen-bond acceptors (Lipinski definition) is 3. The molecular weight excluding hydrogens is 378 g/mol. The van der Waals surface area contributed by atoms with E-state index in [2.05, 4.69) is 12.6 Å². The number of rotatable bonds is 5. The number of amides is 1. The minimum Gasteiger partial charge on any atom is -0.333 e. The zero-order valence-corrected chi connectivity index (χ0v) is 17.0. The topological polar surface area (TPSA) is 60.8 Å². The monoisotopic (exact) mass is 400 g/mol. The van der Waals surface area contributed by atoms with Gasteiger partial charge in [0.25, 0.3) is 0 Å². The van der Waals surface area contributed by atoms with Crippen LogP contribution in [0.25, 0.3) is 5.57 Å². The number of thiophene rings is 1. The molecule has 3 rings (SSSR count). The number of carbonyl (C=O) groups excluding carboxylic acids is 1.